The van der Waals surface area contributed by atoms with Crippen LogP contribution in [0.5, 0.6) is 0 Å². The Kier molecular flexibility index (Phi) is 9.03. The molecule has 5 rings (SSSR count). The van der Waals surface area contributed by atoms with Gasteiger partial charge in [-0.05, 0) is 85.1 Å². The summed E-state index contributed by atoms with van der Waals surface area (Å²) in [4.78, 5) is 29.4. The summed E-state index contributed by atoms with van der Waals surface area (Å²) in [5.74, 6) is 0.100. The summed E-state index contributed by atoms with van der Waals surface area (Å²) in [6, 6.07) is 23.9. The lowest BCUT2D eigenvalue weighted by atomic mass is 9.72. The molecular formula is C35H41Cl2N3O2. The molecule has 2 amide bonds. The standard InChI is InChI=1S/C35H41Cl2N3O2/c1-33(2,3)26-11-9-25(10-12-26)31(41)40-22-18-34(24-40,28-13-14-29(36)30(37)23-28)15-21-39-32(42)35(16-19-38-20-17-35)27-7-5-4-6-8-27/h4-14,23,38H,15-22,24H2,1-3H3,(H,39,42). The second-order valence-electron chi connectivity index (χ2n) is 12.9. The van der Waals surface area contributed by atoms with Crippen LogP contribution < -0.4 is 10.6 Å². The first kappa shape index (κ1) is 30.6. The van der Waals surface area contributed by atoms with E-state index in [1.54, 1.807) is 0 Å². The molecule has 42 heavy (non-hydrogen) atoms. The minimum Gasteiger partial charge on any atom is -0.355 e. The van der Waals surface area contributed by atoms with Crippen LogP contribution in [0.4, 0.5) is 0 Å². The number of piperidine rings is 1. The van der Waals surface area contributed by atoms with Crippen molar-refractivity contribution in [2.75, 3.05) is 32.7 Å². The van der Waals surface area contributed by atoms with E-state index in [1.807, 2.05) is 53.4 Å². The molecule has 0 aromatic heterocycles. The highest BCUT2D eigenvalue weighted by Crippen LogP contribution is 2.41. The molecule has 2 heterocycles. The number of nitrogens with zero attached hydrogens (tertiary/aromatic N) is 1. The summed E-state index contributed by atoms with van der Waals surface area (Å²) in [7, 11) is 0. The van der Waals surface area contributed by atoms with Gasteiger partial charge in [0.05, 0.1) is 15.5 Å². The van der Waals surface area contributed by atoms with Crippen LogP contribution in [0.25, 0.3) is 0 Å². The fourth-order valence-corrected chi connectivity index (χ4v) is 6.89. The second kappa shape index (κ2) is 12.4. The molecule has 0 saturated carbocycles. The van der Waals surface area contributed by atoms with Crippen LogP contribution in [-0.2, 0) is 21.0 Å². The molecule has 3 aromatic carbocycles. The quantitative estimate of drug-likeness (QED) is 0.308. The summed E-state index contributed by atoms with van der Waals surface area (Å²) in [6.45, 7) is 9.81. The van der Waals surface area contributed by atoms with E-state index >= 15 is 0 Å². The Morgan fingerprint density at radius 2 is 1.57 bits per heavy atom. The van der Waals surface area contributed by atoms with Gasteiger partial charge in [0.15, 0.2) is 0 Å². The molecule has 1 atom stereocenters. The molecule has 3 aromatic rings. The molecule has 2 saturated heterocycles. The molecule has 7 heteroatoms. The maximum absolute atomic E-state index is 13.8. The molecule has 2 aliphatic rings. The Morgan fingerprint density at radius 1 is 0.881 bits per heavy atom. The van der Waals surface area contributed by atoms with Crippen molar-refractivity contribution < 1.29 is 9.59 Å². The van der Waals surface area contributed by atoms with E-state index in [9.17, 15) is 9.59 Å². The van der Waals surface area contributed by atoms with E-state index in [0.717, 1.165) is 43.5 Å². The van der Waals surface area contributed by atoms with Crippen LogP contribution in [0.3, 0.4) is 0 Å². The predicted molar refractivity (Wildman–Crippen MR) is 172 cm³/mol. The predicted octanol–water partition coefficient (Wildman–Crippen LogP) is 6.90. The van der Waals surface area contributed by atoms with Crippen molar-refractivity contribution in [2.24, 2.45) is 0 Å². The highest BCUT2D eigenvalue weighted by molar-refractivity contribution is 6.42. The van der Waals surface area contributed by atoms with Crippen molar-refractivity contribution in [2.45, 2.75) is 62.7 Å². The number of rotatable bonds is 7. The van der Waals surface area contributed by atoms with Gasteiger partial charge in [0.2, 0.25) is 5.91 Å². The Morgan fingerprint density at radius 3 is 2.21 bits per heavy atom. The SMILES string of the molecule is CC(C)(C)c1ccc(C(=O)N2CCC(CCNC(=O)C3(c4ccccc4)CCNCC3)(c3ccc(Cl)c(Cl)c3)C2)cc1. The summed E-state index contributed by atoms with van der Waals surface area (Å²) in [5.41, 5.74) is 3.13. The van der Waals surface area contributed by atoms with Crippen molar-refractivity contribution >= 4 is 35.0 Å². The number of carbonyl (C=O) groups excluding carboxylic acids is 2. The number of halogens is 2. The molecule has 0 radical (unpaired) electrons. The average molecular weight is 607 g/mol. The molecule has 222 valence electrons. The fourth-order valence-electron chi connectivity index (χ4n) is 6.59. The van der Waals surface area contributed by atoms with E-state index in [2.05, 4.69) is 55.7 Å². The zero-order valence-electron chi connectivity index (χ0n) is 24.8. The molecule has 5 nitrogen and oxygen atoms in total. The van der Waals surface area contributed by atoms with Gasteiger partial charge in [-0.15, -0.1) is 0 Å². The van der Waals surface area contributed by atoms with Gasteiger partial charge in [-0.1, -0.05) is 92.5 Å². The smallest absolute Gasteiger partial charge is 0.253 e. The van der Waals surface area contributed by atoms with Gasteiger partial charge in [-0.3, -0.25) is 9.59 Å². The molecule has 0 aliphatic carbocycles. The highest BCUT2D eigenvalue weighted by atomic mass is 35.5. The van der Waals surface area contributed by atoms with Crippen LogP contribution in [-0.4, -0.2) is 49.4 Å². The number of carbonyl (C=O) groups is 2. The minimum absolute atomic E-state index is 0.0237. The average Bonchev–Trinajstić information content (AvgIpc) is 3.44. The van der Waals surface area contributed by atoms with E-state index in [-0.39, 0.29) is 22.6 Å². The third kappa shape index (κ3) is 6.24. The third-order valence-corrected chi connectivity index (χ3v) is 10.0. The minimum atomic E-state index is -0.542. The summed E-state index contributed by atoms with van der Waals surface area (Å²) >= 11 is 12.8. The van der Waals surface area contributed by atoms with Crippen molar-refractivity contribution in [1.82, 2.24) is 15.5 Å². The van der Waals surface area contributed by atoms with Crippen LogP contribution in [0.15, 0.2) is 72.8 Å². The van der Waals surface area contributed by atoms with E-state index in [0.29, 0.717) is 41.7 Å². The molecule has 2 fully saturated rings. The summed E-state index contributed by atoms with van der Waals surface area (Å²) in [5, 5.41) is 7.71. The number of hydrogen-bond acceptors (Lipinski definition) is 3. The summed E-state index contributed by atoms with van der Waals surface area (Å²) in [6.07, 6.45) is 2.99. The van der Waals surface area contributed by atoms with Crippen molar-refractivity contribution in [3.8, 4) is 0 Å². The zero-order chi connectivity index (χ0) is 30.0. The normalized spacial score (nSPS) is 20.4. The Bertz CT molecular complexity index is 1410. The van der Waals surface area contributed by atoms with Crippen molar-refractivity contribution in [3.05, 3.63) is 105 Å². The zero-order valence-corrected chi connectivity index (χ0v) is 26.3. The third-order valence-electron chi connectivity index (χ3n) is 9.28. The van der Waals surface area contributed by atoms with Gasteiger partial charge in [0.25, 0.3) is 5.91 Å². The van der Waals surface area contributed by atoms with Crippen molar-refractivity contribution in [1.29, 1.82) is 0 Å². The van der Waals surface area contributed by atoms with Crippen LogP contribution in [0.1, 0.15) is 73.5 Å². The molecular weight excluding hydrogens is 565 g/mol. The highest BCUT2D eigenvalue weighted by Gasteiger charge is 2.44. The van der Waals surface area contributed by atoms with Crippen molar-refractivity contribution in [3.63, 3.8) is 0 Å². The molecule has 2 aliphatic heterocycles. The Labute approximate surface area is 260 Å². The van der Waals surface area contributed by atoms with Gasteiger partial charge < -0.3 is 15.5 Å². The number of hydrogen-bond donors (Lipinski definition) is 2. The largest absolute Gasteiger partial charge is 0.355 e. The number of amides is 2. The lowest BCUT2D eigenvalue weighted by molar-refractivity contribution is -0.127. The molecule has 0 bridgehead atoms. The van der Waals surface area contributed by atoms with Crippen LogP contribution >= 0.6 is 23.2 Å². The second-order valence-corrected chi connectivity index (χ2v) is 13.7. The topological polar surface area (TPSA) is 61.4 Å². The lowest BCUT2D eigenvalue weighted by Crippen LogP contribution is -2.51. The molecule has 1 unspecified atom stereocenters. The number of likely N-dealkylation sites (tertiary alicyclic amines) is 1. The van der Waals surface area contributed by atoms with Gasteiger partial charge in [-0.2, -0.15) is 0 Å². The van der Waals surface area contributed by atoms with Gasteiger partial charge in [-0.25, -0.2) is 0 Å². The van der Waals surface area contributed by atoms with Crippen LogP contribution in [0.2, 0.25) is 10.0 Å². The van der Waals surface area contributed by atoms with Gasteiger partial charge >= 0.3 is 0 Å². The van der Waals surface area contributed by atoms with Crippen LogP contribution in [0, 0.1) is 0 Å². The maximum atomic E-state index is 13.8. The van der Waals surface area contributed by atoms with E-state index in [4.69, 9.17) is 23.2 Å². The van der Waals surface area contributed by atoms with Gasteiger partial charge in [0.1, 0.15) is 0 Å². The fraction of sp³-hybridized carbons (Fsp3) is 0.429. The maximum Gasteiger partial charge on any atom is 0.253 e. The molecule has 0 spiro atoms. The number of nitrogens with one attached hydrogen (secondary N) is 2. The first-order valence-corrected chi connectivity index (χ1v) is 15.7. The Balaban J connectivity index is 1.35. The molecule has 2 N–H and O–H groups in total. The number of benzene rings is 3. The van der Waals surface area contributed by atoms with E-state index < -0.39 is 5.41 Å². The monoisotopic (exact) mass is 605 g/mol. The Hall–Kier alpha value is -2.86. The lowest BCUT2D eigenvalue weighted by Gasteiger charge is -2.37. The summed E-state index contributed by atoms with van der Waals surface area (Å²) < 4.78 is 0. The van der Waals surface area contributed by atoms with Gasteiger partial charge in [0, 0.05) is 30.6 Å². The first-order valence-electron chi connectivity index (χ1n) is 14.9. The van der Waals surface area contributed by atoms with E-state index in [1.165, 1.54) is 5.56 Å². The first-order chi connectivity index (χ1) is 20.0.